The Labute approximate surface area is 201 Å². The number of carbonyl (C=O) groups is 1. The van der Waals surface area contributed by atoms with Crippen LogP contribution in [0.15, 0.2) is 47.6 Å². The van der Waals surface area contributed by atoms with Crippen molar-refractivity contribution in [2.75, 3.05) is 24.8 Å². The molecule has 1 aromatic heterocycles. The molecule has 2 aliphatic rings. The maximum Gasteiger partial charge on any atom is 0.233 e. The topological polar surface area (TPSA) is 81.5 Å². The van der Waals surface area contributed by atoms with Crippen LogP contribution in [0.4, 0.5) is 5.95 Å². The maximum atomic E-state index is 12.9. The summed E-state index contributed by atoms with van der Waals surface area (Å²) in [5.41, 5.74) is 1.75. The number of fused-ring (bicyclic) bond motifs is 1. The quantitative estimate of drug-likeness (QED) is 0.505. The van der Waals surface area contributed by atoms with Gasteiger partial charge in [0.05, 0.1) is 16.0 Å². The minimum atomic E-state index is -0.379. The van der Waals surface area contributed by atoms with Gasteiger partial charge in [-0.05, 0) is 49.6 Å². The smallest absolute Gasteiger partial charge is 0.233 e. The van der Waals surface area contributed by atoms with Gasteiger partial charge in [-0.1, -0.05) is 41.6 Å². The molecule has 33 heavy (non-hydrogen) atoms. The number of anilines is 1. The number of carbonyl (C=O) groups excluding carboxylic acids is 1. The van der Waals surface area contributed by atoms with Crippen LogP contribution in [-0.2, 0) is 11.3 Å². The molecule has 1 unspecified atom stereocenters. The van der Waals surface area contributed by atoms with Crippen LogP contribution in [0.25, 0.3) is 5.69 Å². The third-order valence-electron chi connectivity index (χ3n) is 5.65. The van der Waals surface area contributed by atoms with Gasteiger partial charge in [0.2, 0.25) is 18.6 Å². The van der Waals surface area contributed by atoms with Crippen LogP contribution < -0.4 is 19.7 Å². The minimum Gasteiger partial charge on any atom is -0.454 e. The Morgan fingerprint density at radius 3 is 2.76 bits per heavy atom. The largest absolute Gasteiger partial charge is 0.454 e. The first-order valence-corrected chi connectivity index (χ1v) is 12.1. The van der Waals surface area contributed by atoms with Crippen LogP contribution in [0, 0.1) is 0 Å². The Morgan fingerprint density at radius 1 is 1.15 bits per heavy atom. The lowest BCUT2D eigenvalue weighted by Gasteiger charge is -2.19. The van der Waals surface area contributed by atoms with Crippen LogP contribution in [-0.4, -0.2) is 45.8 Å². The molecule has 1 atom stereocenters. The van der Waals surface area contributed by atoms with E-state index in [1.165, 1.54) is 11.8 Å². The molecule has 0 bridgehead atoms. The van der Waals surface area contributed by atoms with E-state index in [2.05, 4.69) is 20.4 Å². The molecule has 0 radical (unpaired) electrons. The minimum absolute atomic E-state index is 0.0888. The van der Waals surface area contributed by atoms with Gasteiger partial charge in [-0.3, -0.25) is 9.36 Å². The van der Waals surface area contributed by atoms with Gasteiger partial charge in [-0.2, -0.15) is 0 Å². The molecule has 0 saturated carbocycles. The summed E-state index contributed by atoms with van der Waals surface area (Å²) in [4.78, 5) is 15.1. The average molecular weight is 486 g/mol. The van der Waals surface area contributed by atoms with E-state index in [1.807, 2.05) is 54.0 Å². The molecular formula is C23H24ClN5O3S. The van der Waals surface area contributed by atoms with Crippen molar-refractivity contribution >= 4 is 35.2 Å². The van der Waals surface area contributed by atoms with Crippen LogP contribution in [0.2, 0.25) is 5.02 Å². The molecule has 5 rings (SSSR count). The highest BCUT2D eigenvalue weighted by Crippen LogP contribution is 2.34. The number of aromatic nitrogens is 3. The molecule has 10 heteroatoms. The number of benzene rings is 2. The number of halogens is 1. The van der Waals surface area contributed by atoms with E-state index in [-0.39, 0.29) is 18.0 Å². The van der Waals surface area contributed by atoms with Gasteiger partial charge in [0.25, 0.3) is 0 Å². The number of nitrogens with zero attached hydrogens (tertiary/aromatic N) is 4. The van der Waals surface area contributed by atoms with Gasteiger partial charge >= 0.3 is 0 Å². The van der Waals surface area contributed by atoms with Crippen LogP contribution in [0.5, 0.6) is 11.5 Å². The summed E-state index contributed by atoms with van der Waals surface area (Å²) in [7, 11) is 0. The zero-order valence-corrected chi connectivity index (χ0v) is 19.7. The predicted octanol–water partition coefficient (Wildman–Crippen LogP) is 4.05. The lowest BCUT2D eigenvalue weighted by molar-refractivity contribution is -0.120. The van der Waals surface area contributed by atoms with Crippen LogP contribution in [0.1, 0.15) is 25.3 Å². The Morgan fingerprint density at radius 2 is 1.94 bits per heavy atom. The van der Waals surface area contributed by atoms with Crippen molar-refractivity contribution in [3.63, 3.8) is 0 Å². The summed E-state index contributed by atoms with van der Waals surface area (Å²) in [5, 5.41) is 12.7. The van der Waals surface area contributed by atoms with E-state index >= 15 is 0 Å². The fourth-order valence-electron chi connectivity index (χ4n) is 3.90. The molecule has 8 nitrogen and oxygen atoms in total. The second-order valence-corrected chi connectivity index (χ2v) is 9.64. The van der Waals surface area contributed by atoms with Gasteiger partial charge in [-0.15, -0.1) is 10.2 Å². The number of amides is 1. The third kappa shape index (κ3) is 4.60. The predicted molar refractivity (Wildman–Crippen MR) is 128 cm³/mol. The van der Waals surface area contributed by atoms with Crippen molar-refractivity contribution in [3.8, 4) is 17.2 Å². The first kappa shape index (κ1) is 21.9. The summed E-state index contributed by atoms with van der Waals surface area (Å²) in [6.45, 7) is 4.35. The average Bonchev–Trinajstić information content (AvgIpc) is 3.58. The number of hydrogen-bond donors (Lipinski definition) is 1. The van der Waals surface area contributed by atoms with Crippen LogP contribution in [0.3, 0.4) is 0 Å². The van der Waals surface area contributed by atoms with E-state index in [1.54, 1.807) is 0 Å². The monoisotopic (exact) mass is 485 g/mol. The molecule has 1 N–H and O–H groups in total. The number of thioether (sulfide) groups is 1. The van der Waals surface area contributed by atoms with Gasteiger partial charge in [-0.25, -0.2) is 0 Å². The van der Waals surface area contributed by atoms with Gasteiger partial charge in [0, 0.05) is 19.6 Å². The number of para-hydroxylation sites is 1. The Kier molecular flexibility index (Phi) is 6.32. The molecule has 2 aliphatic heterocycles. The second-order valence-electron chi connectivity index (χ2n) is 7.93. The molecule has 2 aromatic carbocycles. The van der Waals surface area contributed by atoms with Crippen molar-refractivity contribution in [3.05, 3.63) is 53.1 Å². The van der Waals surface area contributed by atoms with Gasteiger partial charge < -0.3 is 19.7 Å². The zero-order valence-electron chi connectivity index (χ0n) is 18.2. The van der Waals surface area contributed by atoms with Gasteiger partial charge in [0.15, 0.2) is 16.7 Å². The molecule has 3 aromatic rings. The number of hydrogen-bond acceptors (Lipinski definition) is 7. The van der Waals surface area contributed by atoms with E-state index in [0.717, 1.165) is 48.9 Å². The summed E-state index contributed by atoms with van der Waals surface area (Å²) < 4.78 is 12.7. The first-order valence-electron chi connectivity index (χ1n) is 10.9. The highest BCUT2D eigenvalue weighted by molar-refractivity contribution is 8.00. The highest BCUT2D eigenvalue weighted by atomic mass is 35.5. The first-order chi connectivity index (χ1) is 16.1. The van der Waals surface area contributed by atoms with E-state index < -0.39 is 0 Å². The standard InChI is InChI=1S/C23H24ClN5O3S/c1-15(21(30)25-13-16-8-9-19-20(12-16)32-14-31-19)33-23-27-26-22(28-10-4-5-11-28)29(23)18-7-3-2-6-17(18)24/h2-3,6-9,12,15H,4-5,10-11,13-14H2,1H3,(H,25,30). The van der Waals surface area contributed by atoms with Crippen LogP contribution >= 0.6 is 23.4 Å². The van der Waals surface area contributed by atoms with Crippen molar-refractivity contribution in [1.29, 1.82) is 0 Å². The highest BCUT2D eigenvalue weighted by Gasteiger charge is 2.26. The summed E-state index contributed by atoms with van der Waals surface area (Å²) >= 11 is 7.88. The Bertz CT molecular complexity index is 1160. The normalized spacial score (nSPS) is 15.6. The van der Waals surface area contributed by atoms with Crippen molar-refractivity contribution in [2.45, 2.75) is 36.7 Å². The third-order valence-corrected chi connectivity index (χ3v) is 7.02. The Hall–Kier alpha value is -2.91. The second kappa shape index (κ2) is 9.52. The summed E-state index contributed by atoms with van der Waals surface area (Å²) in [6.07, 6.45) is 2.24. The SMILES string of the molecule is CC(Sc1nnc(N2CCCC2)n1-c1ccccc1Cl)C(=O)NCc1ccc2c(c1)OCO2. The van der Waals surface area contributed by atoms with E-state index in [0.29, 0.717) is 22.5 Å². The Balaban J connectivity index is 1.32. The molecule has 172 valence electrons. The fraction of sp³-hybridized carbons (Fsp3) is 0.348. The lowest BCUT2D eigenvalue weighted by atomic mass is 10.2. The van der Waals surface area contributed by atoms with E-state index in [9.17, 15) is 4.79 Å². The zero-order chi connectivity index (χ0) is 22.8. The van der Waals surface area contributed by atoms with E-state index in [4.69, 9.17) is 21.1 Å². The van der Waals surface area contributed by atoms with Crippen molar-refractivity contribution in [2.24, 2.45) is 0 Å². The summed E-state index contributed by atoms with van der Waals surface area (Å²) in [6, 6.07) is 13.3. The van der Waals surface area contributed by atoms with Gasteiger partial charge in [0.1, 0.15) is 0 Å². The molecule has 3 heterocycles. The molecular weight excluding hydrogens is 462 g/mol. The molecule has 1 amide bonds. The number of rotatable bonds is 7. The molecule has 1 saturated heterocycles. The van der Waals surface area contributed by atoms with Crippen molar-refractivity contribution < 1.29 is 14.3 Å². The number of nitrogens with one attached hydrogen (secondary N) is 1. The summed E-state index contributed by atoms with van der Waals surface area (Å²) in [5.74, 6) is 2.10. The number of ether oxygens (including phenoxy) is 2. The molecule has 0 aliphatic carbocycles. The van der Waals surface area contributed by atoms with Crippen molar-refractivity contribution in [1.82, 2.24) is 20.1 Å². The molecule has 1 fully saturated rings. The lowest BCUT2D eigenvalue weighted by Crippen LogP contribution is -2.30. The molecule has 0 spiro atoms. The fourth-order valence-corrected chi connectivity index (χ4v) is 5.00. The maximum absolute atomic E-state index is 12.9.